The van der Waals surface area contributed by atoms with Crippen molar-refractivity contribution >= 4 is 57.6 Å². The van der Waals surface area contributed by atoms with Crippen LogP contribution in [0.15, 0.2) is 109 Å². The monoisotopic (exact) mass is 779 g/mol. The van der Waals surface area contributed by atoms with Crippen molar-refractivity contribution in [2.45, 2.75) is 31.1 Å². The van der Waals surface area contributed by atoms with Gasteiger partial charge < -0.3 is 9.84 Å². The molecule has 4 aliphatic rings. The van der Waals surface area contributed by atoms with Gasteiger partial charge in [0.2, 0.25) is 11.8 Å². The summed E-state index contributed by atoms with van der Waals surface area (Å²) in [7, 11) is 1.46. The highest BCUT2D eigenvalue weighted by Crippen LogP contribution is 2.65. The summed E-state index contributed by atoms with van der Waals surface area (Å²) in [6.07, 6.45) is 2.43. The number of ether oxygens (including phenoxy) is 1. The summed E-state index contributed by atoms with van der Waals surface area (Å²) in [6.45, 7) is 1.96. The molecule has 4 aromatic carbocycles. The predicted octanol–water partition coefficient (Wildman–Crippen LogP) is 6.50. The highest BCUT2D eigenvalue weighted by molar-refractivity contribution is 14.1. The normalized spacial score (nSPS) is 27.1. The van der Waals surface area contributed by atoms with Gasteiger partial charge in [0.25, 0.3) is 11.8 Å². The number of carbonyl (C=O) groups excluding carboxylic acids is 4. The Labute approximate surface area is 303 Å². The maximum atomic E-state index is 15.2. The molecule has 8 rings (SSSR count). The lowest BCUT2D eigenvalue weighted by Gasteiger charge is -2.50. The van der Waals surface area contributed by atoms with Crippen molar-refractivity contribution in [3.8, 4) is 11.5 Å². The van der Waals surface area contributed by atoms with E-state index in [1.807, 2.05) is 79.7 Å². The topological polar surface area (TPSA) is 116 Å². The highest BCUT2D eigenvalue weighted by Gasteiger charge is 2.70. The number of para-hydroxylation sites is 1. The second-order valence-electron chi connectivity index (χ2n) is 13.5. The van der Waals surface area contributed by atoms with Gasteiger partial charge in [-0.1, -0.05) is 71.8 Å². The number of phenols is 1. The summed E-state index contributed by atoms with van der Waals surface area (Å²) in [5.74, 6) is -5.09. The molecule has 252 valence electrons. The predicted molar refractivity (Wildman–Crippen MR) is 195 cm³/mol. The number of hydrogen-bond donors (Lipinski definition) is 2. The van der Waals surface area contributed by atoms with Gasteiger partial charge in [-0.15, -0.1) is 0 Å². The number of anilines is 2. The molecule has 4 amide bonds. The number of fused-ring (bicyclic) bond motifs is 4. The molecule has 4 aromatic rings. The van der Waals surface area contributed by atoms with Crippen molar-refractivity contribution in [1.29, 1.82) is 0 Å². The van der Waals surface area contributed by atoms with E-state index in [4.69, 9.17) is 4.74 Å². The van der Waals surface area contributed by atoms with Crippen LogP contribution in [-0.4, -0.2) is 40.9 Å². The number of carbonyl (C=O) groups is 4. The first-order chi connectivity index (χ1) is 24.2. The molecule has 6 atom stereocenters. The highest BCUT2D eigenvalue weighted by atomic mass is 127. The number of methoxy groups -OCH3 is 1. The summed E-state index contributed by atoms with van der Waals surface area (Å²) >= 11 is 2.18. The molecule has 3 fully saturated rings. The van der Waals surface area contributed by atoms with E-state index in [0.29, 0.717) is 22.5 Å². The lowest BCUT2D eigenvalue weighted by atomic mass is 9.49. The van der Waals surface area contributed by atoms with Gasteiger partial charge in [-0.05, 0) is 96.3 Å². The van der Waals surface area contributed by atoms with E-state index in [2.05, 4.69) is 28.0 Å². The maximum absolute atomic E-state index is 15.2. The molecule has 0 spiro atoms. The number of nitrogens with zero attached hydrogens (tertiary/aromatic N) is 2. The van der Waals surface area contributed by atoms with Gasteiger partial charge in [-0.2, -0.15) is 5.01 Å². The number of aryl methyl sites for hydroxylation is 1. The fraction of sp³-hybridized carbons (Fsp3) is 0.250. The molecule has 1 saturated carbocycles. The molecule has 0 bridgehead atoms. The second kappa shape index (κ2) is 12.1. The third-order valence-corrected chi connectivity index (χ3v) is 11.8. The Morgan fingerprint density at radius 3 is 2.26 bits per heavy atom. The molecular formula is C40H34IN3O6. The molecule has 0 aromatic heterocycles. The first-order valence-corrected chi connectivity index (χ1v) is 17.7. The maximum Gasteiger partial charge on any atom is 0.260 e. The number of hydrogen-bond acceptors (Lipinski definition) is 7. The molecule has 10 heteroatoms. The SMILES string of the molecule is COc1cccc([C@H]2C3=CC[C@@H]4C(=O)N(c5ccc(I)cc5)C(=O)[C@@H]4[C@@H]3C[C@H]3C(=O)N(Nc4ccc(C)cc4)C(=O)[C@@]23c2ccccc2)c1O. The number of hydrazine groups is 1. The van der Waals surface area contributed by atoms with Gasteiger partial charge in [0.15, 0.2) is 11.5 Å². The second-order valence-corrected chi connectivity index (χ2v) is 14.7. The number of nitrogens with one attached hydrogen (secondary N) is 1. The van der Waals surface area contributed by atoms with Crippen LogP contribution in [-0.2, 0) is 24.6 Å². The molecule has 9 nitrogen and oxygen atoms in total. The van der Waals surface area contributed by atoms with Gasteiger partial charge in [0.05, 0.1) is 41.7 Å². The van der Waals surface area contributed by atoms with Crippen LogP contribution in [0.3, 0.4) is 0 Å². The average molecular weight is 780 g/mol. The molecule has 2 aliphatic heterocycles. The summed E-state index contributed by atoms with van der Waals surface area (Å²) < 4.78 is 6.52. The van der Waals surface area contributed by atoms with E-state index in [9.17, 15) is 19.5 Å². The van der Waals surface area contributed by atoms with E-state index < -0.39 is 46.8 Å². The fourth-order valence-corrected chi connectivity index (χ4v) is 9.23. The van der Waals surface area contributed by atoms with Crippen LogP contribution in [0.2, 0.25) is 0 Å². The van der Waals surface area contributed by atoms with Crippen molar-refractivity contribution in [3.63, 3.8) is 0 Å². The van der Waals surface area contributed by atoms with Crippen LogP contribution in [0.1, 0.15) is 35.4 Å². The number of halogens is 1. The number of amides is 4. The minimum atomic E-state index is -1.49. The van der Waals surface area contributed by atoms with Gasteiger partial charge >= 0.3 is 0 Å². The molecular weight excluding hydrogens is 745 g/mol. The van der Waals surface area contributed by atoms with Crippen molar-refractivity contribution < 1.29 is 29.0 Å². The van der Waals surface area contributed by atoms with E-state index in [1.165, 1.54) is 12.0 Å². The van der Waals surface area contributed by atoms with Gasteiger partial charge in [-0.3, -0.25) is 29.5 Å². The first-order valence-electron chi connectivity index (χ1n) is 16.6. The van der Waals surface area contributed by atoms with E-state index in [1.54, 1.807) is 30.3 Å². The molecule has 2 N–H and O–H groups in total. The zero-order valence-corrected chi connectivity index (χ0v) is 29.5. The smallest absolute Gasteiger partial charge is 0.260 e. The van der Waals surface area contributed by atoms with E-state index in [-0.39, 0.29) is 36.2 Å². The summed E-state index contributed by atoms with van der Waals surface area (Å²) in [4.78, 5) is 59.8. The van der Waals surface area contributed by atoms with Gasteiger partial charge in [0, 0.05) is 15.1 Å². The van der Waals surface area contributed by atoms with Crippen LogP contribution < -0.4 is 15.1 Å². The summed E-state index contributed by atoms with van der Waals surface area (Å²) in [5.41, 5.74) is 5.52. The number of rotatable bonds is 6. The van der Waals surface area contributed by atoms with Crippen LogP contribution in [0.4, 0.5) is 11.4 Å². The number of phenolic OH excluding ortho intramolecular Hbond substituents is 1. The molecule has 2 saturated heterocycles. The summed E-state index contributed by atoms with van der Waals surface area (Å²) in [6, 6.07) is 29.1. The van der Waals surface area contributed by atoms with Gasteiger partial charge in [-0.25, -0.2) is 0 Å². The minimum absolute atomic E-state index is 0.141. The minimum Gasteiger partial charge on any atom is -0.504 e. The van der Waals surface area contributed by atoms with Crippen molar-refractivity contribution in [2.24, 2.45) is 23.7 Å². The Balaban J connectivity index is 1.33. The van der Waals surface area contributed by atoms with E-state index >= 15 is 4.79 Å². The van der Waals surface area contributed by atoms with E-state index in [0.717, 1.165) is 19.7 Å². The van der Waals surface area contributed by atoms with Crippen LogP contribution in [0, 0.1) is 34.2 Å². The Kier molecular flexibility index (Phi) is 7.81. The Hall–Kier alpha value is -4.97. The average Bonchev–Trinajstić information content (AvgIpc) is 3.51. The van der Waals surface area contributed by atoms with Crippen LogP contribution in [0.5, 0.6) is 11.5 Å². The number of aromatic hydroxyl groups is 1. The summed E-state index contributed by atoms with van der Waals surface area (Å²) in [5, 5.41) is 12.9. The third kappa shape index (κ3) is 4.64. The number of benzene rings is 4. The standard InChI is InChI=1S/C40H34IN3O6/c1-22-11-15-25(16-12-22)42-44-37(47)31-21-30-27(19-20-28-33(30)38(48)43(36(28)46)26-17-13-24(41)14-18-26)34(29-9-6-10-32(50-2)35(29)45)40(31,39(44)49)23-7-4-3-5-8-23/h3-19,28,30-31,33-34,42,45H,20-21H2,1-2H3/t28-,30+,31-,33-,34+,40+/m0/s1. The quantitative estimate of drug-likeness (QED) is 0.130. The third-order valence-electron chi connectivity index (χ3n) is 11.0. The van der Waals surface area contributed by atoms with Crippen LogP contribution >= 0.6 is 22.6 Å². The van der Waals surface area contributed by atoms with Crippen molar-refractivity contribution in [1.82, 2.24) is 5.01 Å². The number of allylic oxidation sites excluding steroid dienone is 2. The number of imide groups is 2. The van der Waals surface area contributed by atoms with Crippen LogP contribution in [0.25, 0.3) is 0 Å². The van der Waals surface area contributed by atoms with Crippen molar-refractivity contribution in [3.05, 3.63) is 129 Å². The van der Waals surface area contributed by atoms with Gasteiger partial charge in [0.1, 0.15) is 0 Å². The Morgan fingerprint density at radius 2 is 1.56 bits per heavy atom. The molecule has 2 aliphatic carbocycles. The molecule has 0 unspecified atom stereocenters. The Bertz CT molecular complexity index is 2080. The first kappa shape index (κ1) is 32.2. The lowest BCUT2D eigenvalue weighted by Crippen LogP contribution is -2.53. The molecule has 0 radical (unpaired) electrons. The zero-order valence-electron chi connectivity index (χ0n) is 27.4. The molecule has 2 heterocycles. The zero-order chi connectivity index (χ0) is 34.9. The molecule has 50 heavy (non-hydrogen) atoms. The largest absolute Gasteiger partial charge is 0.504 e. The Morgan fingerprint density at radius 1 is 0.840 bits per heavy atom. The lowest BCUT2D eigenvalue weighted by molar-refractivity contribution is -0.138. The fourth-order valence-electron chi connectivity index (χ4n) is 8.87. The van der Waals surface area contributed by atoms with Crippen molar-refractivity contribution in [2.75, 3.05) is 17.4 Å².